The predicted molar refractivity (Wildman–Crippen MR) is 82.4 cm³/mol. The van der Waals surface area contributed by atoms with Gasteiger partial charge < -0.3 is 5.32 Å². The van der Waals surface area contributed by atoms with Gasteiger partial charge in [-0.2, -0.15) is 13.2 Å². The lowest BCUT2D eigenvalue weighted by molar-refractivity contribution is -0.138. The van der Waals surface area contributed by atoms with Gasteiger partial charge in [-0.3, -0.25) is 0 Å². The maximum absolute atomic E-state index is 12.9. The standard InChI is InChI=1S/C16H15BrF3N/c1-10-3-8-14(9-15(10)16(18,19)20)21-11(2)12-4-6-13(17)7-5-12/h3-9,11,21H,1-2H3. The summed E-state index contributed by atoms with van der Waals surface area (Å²) in [4.78, 5) is 0. The molecule has 21 heavy (non-hydrogen) atoms. The van der Waals surface area contributed by atoms with E-state index in [0.29, 0.717) is 5.69 Å². The fraction of sp³-hybridized carbons (Fsp3) is 0.250. The van der Waals surface area contributed by atoms with Gasteiger partial charge in [0.05, 0.1) is 5.56 Å². The summed E-state index contributed by atoms with van der Waals surface area (Å²) in [5.41, 5.74) is 1.09. The highest BCUT2D eigenvalue weighted by Crippen LogP contribution is 2.34. The van der Waals surface area contributed by atoms with Gasteiger partial charge in [0.15, 0.2) is 0 Å². The summed E-state index contributed by atoms with van der Waals surface area (Å²) in [6, 6.07) is 11.9. The molecular formula is C16H15BrF3N. The van der Waals surface area contributed by atoms with Gasteiger partial charge in [0.2, 0.25) is 0 Å². The number of hydrogen-bond donors (Lipinski definition) is 1. The molecule has 2 aromatic carbocycles. The van der Waals surface area contributed by atoms with Crippen LogP contribution in [0.25, 0.3) is 0 Å². The maximum Gasteiger partial charge on any atom is 0.416 e. The fourth-order valence-electron chi connectivity index (χ4n) is 2.10. The first kappa shape index (κ1) is 15.9. The minimum Gasteiger partial charge on any atom is -0.379 e. The lowest BCUT2D eigenvalue weighted by Gasteiger charge is -2.18. The summed E-state index contributed by atoms with van der Waals surface area (Å²) < 4.78 is 39.7. The molecule has 5 heteroatoms. The first-order valence-corrected chi connectivity index (χ1v) is 7.26. The van der Waals surface area contributed by atoms with E-state index in [1.165, 1.54) is 13.0 Å². The van der Waals surface area contributed by atoms with E-state index >= 15 is 0 Å². The highest BCUT2D eigenvalue weighted by atomic mass is 79.9. The van der Waals surface area contributed by atoms with Gasteiger partial charge in [0, 0.05) is 16.2 Å². The van der Waals surface area contributed by atoms with E-state index in [-0.39, 0.29) is 11.6 Å². The van der Waals surface area contributed by atoms with Crippen LogP contribution in [0.4, 0.5) is 18.9 Å². The number of alkyl halides is 3. The van der Waals surface area contributed by atoms with Crippen LogP contribution in [0.15, 0.2) is 46.9 Å². The lowest BCUT2D eigenvalue weighted by Crippen LogP contribution is -2.10. The first-order chi connectivity index (χ1) is 9.77. The van der Waals surface area contributed by atoms with Crippen LogP contribution in [-0.4, -0.2) is 0 Å². The zero-order valence-corrected chi connectivity index (χ0v) is 13.2. The van der Waals surface area contributed by atoms with Crippen molar-refractivity contribution in [3.05, 3.63) is 63.6 Å². The summed E-state index contributed by atoms with van der Waals surface area (Å²) >= 11 is 3.36. The fourth-order valence-corrected chi connectivity index (χ4v) is 2.37. The molecule has 0 fully saturated rings. The van der Waals surface area contributed by atoms with Gasteiger partial charge in [-0.15, -0.1) is 0 Å². The molecule has 1 N–H and O–H groups in total. The second kappa shape index (κ2) is 6.10. The van der Waals surface area contributed by atoms with Crippen molar-refractivity contribution in [1.82, 2.24) is 0 Å². The van der Waals surface area contributed by atoms with E-state index in [2.05, 4.69) is 21.2 Å². The molecule has 0 saturated carbocycles. The Kier molecular flexibility index (Phi) is 4.61. The van der Waals surface area contributed by atoms with Crippen LogP contribution >= 0.6 is 15.9 Å². The molecule has 112 valence electrons. The van der Waals surface area contributed by atoms with Crippen molar-refractivity contribution in [1.29, 1.82) is 0 Å². The van der Waals surface area contributed by atoms with Crippen LogP contribution in [-0.2, 0) is 6.18 Å². The molecule has 0 aliphatic carbocycles. The highest BCUT2D eigenvalue weighted by molar-refractivity contribution is 9.10. The second-order valence-electron chi connectivity index (χ2n) is 4.95. The van der Waals surface area contributed by atoms with E-state index in [0.717, 1.165) is 16.1 Å². The van der Waals surface area contributed by atoms with Gasteiger partial charge in [-0.1, -0.05) is 34.1 Å². The maximum atomic E-state index is 12.9. The third-order valence-electron chi connectivity index (χ3n) is 3.30. The van der Waals surface area contributed by atoms with E-state index in [1.807, 2.05) is 31.2 Å². The molecule has 0 aliphatic rings. The monoisotopic (exact) mass is 357 g/mol. The molecule has 1 atom stereocenters. The predicted octanol–water partition coefficient (Wildman–Crippen LogP) is 5.95. The van der Waals surface area contributed by atoms with Crippen LogP contribution in [0.2, 0.25) is 0 Å². The van der Waals surface area contributed by atoms with Gasteiger partial charge in [-0.25, -0.2) is 0 Å². The Hall–Kier alpha value is -1.49. The zero-order chi connectivity index (χ0) is 15.6. The van der Waals surface area contributed by atoms with Gasteiger partial charge >= 0.3 is 6.18 Å². The van der Waals surface area contributed by atoms with Crippen molar-refractivity contribution < 1.29 is 13.2 Å². The quantitative estimate of drug-likeness (QED) is 0.715. The molecule has 0 spiro atoms. The van der Waals surface area contributed by atoms with Crippen molar-refractivity contribution >= 4 is 21.6 Å². The third-order valence-corrected chi connectivity index (χ3v) is 3.82. The Labute approximate surface area is 130 Å². The summed E-state index contributed by atoms with van der Waals surface area (Å²) in [7, 11) is 0. The molecule has 0 radical (unpaired) electrons. The Bertz CT molecular complexity index is 620. The molecule has 1 unspecified atom stereocenters. The van der Waals surface area contributed by atoms with Crippen LogP contribution in [0.1, 0.15) is 29.7 Å². The Morgan fingerprint density at radius 1 is 1.05 bits per heavy atom. The Morgan fingerprint density at radius 3 is 2.24 bits per heavy atom. The van der Waals surface area contributed by atoms with Crippen molar-refractivity contribution in [3.63, 3.8) is 0 Å². The normalized spacial score (nSPS) is 13.0. The minimum absolute atomic E-state index is 0.0816. The minimum atomic E-state index is -4.33. The summed E-state index contributed by atoms with van der Waals surface area (Å²) in [5.74, 6) is 0. The average Bonchev–Trinajstić information content (AvgIpc) is 2.40. The smallest absolute Gasteiger partial charge is 0.379 e. The number of anilines is 1. The Balaban J connectivity index is 2.21. The van der Waals surface area contributed by atoms with Crippen molar-refractivity contribution in [2.45, 2.75) is 26.1 Å². The number of hydrogen-bond acceptors (Lipinski definition) is 1. The van der Waals surface area contributed by atoms with Crippen LogP contribution in [0.3, 0.4) is 0 Å². The second-order valence-corrected chi connectivity index (χ2v) is 5.86. The molecule has 0 aromatic heterocycles. The average molecular weight is 358 g/mol. The van der Waals surface area contributed by atoms with Crippen LogP contribution in [0.5, 0.6) is 0 Å². The van der Waals surface area contributed by atoms with Crippen molar-refractivity contribution in [2.75, 3.05) is 5.32 Å². The number of halogens is 4. The van der Waals surface area contributed by atoms with Crippen LogP contribution in [0, 0.1) is 6.92 Å². The largest absolute Gasteiger partial charge is 0.416 e. The SMILES string of the molecule is Cc1ccc(NC(C)c2ccc(Br)cc2)cc1C(F)(F)F. The van der Waals surface area contributed by atoms with E-state index in [4.69, 9.17) is 0 Å². The number of aryl methyl sites for hydroxylation is 1. The van der Waals surface area contributed by atoms with Gasteiger partial charge in [0.1, 0.15) is 0 Å². The Morgan fingerprint density at radius 2 is 1.67 bits per heavy atom. The summed E-state index contributed by atoms with van der Waals surface area (Å²) in [6.07, 6.45) is -4.33. The molecular weight excluding hydrogens is 343 g/mol. The molecule has 0 aliphatic heterocycles. The molecule has 0 heterocycles. The highest BCUT2D eigenvalue weighted by Gasteiger charge is 2.32. The van der Waals surface area contributed by atoms with E-state index < -0.39 is 11.7 Å². The number of benzene rings is 2. The zero-order valence-electron chi connectivity index (χ0n) is 11.6. The summed E-state index contributed by atoms with van der Waals surface area (Å²) in [6.45, 7) is 3.38. The van der Waals surface area contributed by atoms with Crippen molar-refractivity contribution in [2.24, 2.45) is 0 Å². The molecule has 1 nitrogen and oxygen atoms in total. The van der Waals surface area contributed by atoms with Gasteiger partial charge in [-0.05, 0) is 49.2 Å². The molecule has 2 rings (SSSR count). The van der Waals surface area contributed by atoms with Crippen LogP contribution < -0.4 is 5.32 Å². The molecule has 0 amide bonds. The van der Waals surface area contributed by atoms with Gasteiger partial charge in [0.25, 0.3) is 0 Å². The number of rotatable bonds is 3. The van der Waals surface area contributed by atoms with E-state index in [1.54, 1.807) is 6.07 Å². The lowest BCUT2D eigenvalue weighted by atomic mass is 10.1. The molecule has 2 aromatic rings. The first-order valence-electron chi connectivity index (χ1n) is 6.47. The molecule has 0 saturated heterocycles. The molecule has 0 bridgehead atoms. The van der Waals surface area contributed by atoms with Crippen molar-refractivity contribution in [3.8, 4) is 0 Å². The topological polar surface area (TPSA) is 12.0 Å². The number of nitrogens with one attached hydrogen (secondary N) is 1. The van der Waals surface area contributed by atoms with E-state index in [9.17, 15) is 13.2 Å². The third kappa shape index (κ3) is 4.00. The summed E-state index contributed by atoms with van der Waals surface area (Å²) in [5, 5.41) is 3.10.